The summed E-state index contributed by atoms with van der Waals surface area (Å²) in [6.45, 7) is 8.30. The second-order valence-electron chi connectivity index (χ2n) is 5.96. The number of aryl methyl sites for hydroxylation is 1. The lowest BCUT2D eigenvalue weighted by atomic mass is 10.1. The van der Waals surface area contributed by atoms with Crippen molar-refractivity contribution in [2.24, 2.45) is 0 Å². The topological polar surface area (TPSA) is 59.7 Å². The number of rotatable bonds is 5. The van der Waals surface area contributed by atoms with Crippen molar-refractivity contribution in [1.29, 1.82) is 0 Å². The molecule has 2 heterocycles. The fraction of sp³-hybridized carbons (Fsp3) is 0.471. The van der Waals surface area contributed by atoms with Crippen molar-refractivity contribution < 1.29 is 9.53 Å². The molecule has 124 valence electrons. The summed E-state index contributed by atoms with van der Waals surface area (Å²) in [6, 6.07) is 0. The number of fused-ring (bicyclic) bond motifs is 1. The number of hydrogen-bond acceptors (Lipinski definition) is 5. The maximum atomic E-state index is 12.2. The van der Waals surface area contributed by atoms with Gasteiger partial charge in [-0.1, -0.05) is 13.8 Å². The molecule has 2 aromatic heterocycles. The maximum absolute atomic E-state index is 12.2. The van der Waals surface area contributed by atoms with Crippen molar-refractivity contribution in [2.75, 3.05) is 20.7 Å². The van der Waals surface area contributed by atoms with E-state index in [1.165, 1.54) is 0 Å². The van der Waals surface area contributed by atoms with E-state index in [9.17, 15) is 4.79 Å². The van der Waals surface area contributed by atoms with Crippen molar-refractivity contribution >= 4 is 17.7 Å². The van der Waals surface area contributed by atoms with Crippen LogP contribution in [0.15, 0.2) is 12.4 Å². The number of aromatic nitrogens is 3. The summed E-state index contributed by atoms with van der Waals surface area (Å²) in [6.07, 6.45) is 5.31. The molecule has 0 saturated heterocycles. The van der Waals surface area contributed by atoms with Crippen LogP contribution >= 0.6 is 0 Å². The van der Waals surface area contributed by atoms with Crippen molar-refractivity contribution in [3.8, 4) is 0 Å². The first-order valence-electron chi connectivity index (χ1n) is 7.76. The quantitative estimate of drug-likeness (QED) is 0.794. The van der Waals surface area contributed by atoms with E-state index in [0.29, 0.717) is 17.9 Å². The Morgan fingerprint density at radius 3 is 2.70 bits per heavy atom. The molecule has 0 spiro atoms. The van der Waals surface area contributed by atoms with Crippen LogP contribution in [0.2, 0.25) is 0 Å². The third-order valence-corrected chi connectivity index (χ3v) is 3.52. The predicted octanol–water partition coefficient (Wildman–Crippen LogP) is 2.87. The summed E-state index contributed by atoms with van der Waals surface area (Å²) >= 11 is 0. The highest BCUT2D eigenvalue weighted by Crippen LogP contribution is 2.23. The molecular formula is C17H24N4O2. The van der Waals surface area contributed by atoms with Crippen LogP contribution in [0, 0.1) is 6.92 Å². The summed E-state index contributed by atoms with van der Waals surface area (Å²) in [5, 5.41) is 4.67. The molecule has 0 aliphatic heterocycles. The van der Waals surface area contributed by atoms with Crippen molar-refractivity contribution in [3.63, 3.8) is 0 Å². The average molecular weight is 316 g/mol. The molecule has 2 aromatic rings. The molecule has 0 N–H and O–H groups in total. The first-order chi connectivity index (χ1) is 10.9. The molecule has 0 amide bonds. The number of hydrogen-bond donors (Lipinski definition) is 0. The Kier molecular flexibility index (Phi) is 5.03. The monoisotopic (exact) mass is 316 g/mol. The van der Waals surface area contributed by atoms with Crippen LogP contribution in [0.25, 0.3) is 11.7 Å². The highest BCUT2D eigenvalue weighted by molar-refractivity contribution is 5.93. The van der Waals surface area contributed by atoms with Crippen molar-refractivity contribution in [2.45, 2.75) is 33.6 Å². The Bertz CT molecular complexity index is 745. The van der Waals surface area contributed by atoms with Gasteiger partial charge in [-0.15, -0.1) is 0 Å². The van der Waals surface area contributed by atoms with E-state index in [1.54, 1.807) is 17.6 Å². The van der Waals surface area contributed by atoms with E-state index in [0.717, 1.165) is 16.9 Å². The van der Waals surface area contributed by atoms with Gasteiger partial charge < -0.3 is 9.64 Å². The van der Waals surface area contributed by atoms with Crippen LogP contribution in [0.3, 0.4) is 0 Å². The largest absolute Gasteiger partial charge is 0.462 e. The summed E-state index contributed by atoms with van der Waals surface area (Å²) in [7, 11) is 3.85. The van der Waals surface area contributed by atoms with Crippen molar-refractivity contribution in [1.82, 2.24) is 19.5 Å². The number of esters is 1. The van der Waals surface area contributed by atoms with Crippen molar-refractivity contribution in [3.05, 3.63) is 34.9 Å². The Labute approximate surface area is 136 Å². The van der Waals surface area contributed by atoms with Gasteiger partial charge in [0.15, 0.2) is 5.65 Å². The fourth-order valence-corrected chi connectivity index (χ4v) is 2.42. The molecule has 0 fully saturated rings. The van der Waals surface area contributed by atoms with E-state index in [2.05, 4.69) is 23.9 Å². The molecule has 0 aliphatic rings. The van der Waals surface area contributed by atoms with Gasteiger partial charge in [0.2, 0.25) is 0 Å². The van der Waals surface area contributed by atoms with Gasteiger partial charge >= 0.3 is 5.97 Å². The molecule has 0 aromatic carbocycles. The number of carbonyl (C=O) groups excluding carboxylic acids is 1. The van der Waals surface area contributed by atoms with Crippen LogP contribution in [0.1, 0.15) is 54.0 Å². The lowest BCUT2D eigenvalue weighted by molar-refractivity contribution is 0.0525. The molecule has 2 rings (SSSR count). The Balaban J connectivity index is 2.72. The number of carbonyl (C=O) groups is 1. The van der Waals surface area contributed by atoms with Gasteiger partial charge in [-0.25, -0.2) is 14.3 Å². The Hall–Kier alpha value is -2.37. The normalized spacial score (nSPS) is 11.6. The fourth-order valence-electron chi connectivity index (χ4n) is 2.42. The highest BCUT2D eigenvalue weighted by Gasteiger charge is 2.20. The average Bonchev–Trinajstić information content (AvgIpc) is 2.82. The lowest BCUT2D eigenvalue weighted by Gasteiger charge is -2.09. The maximum Gasteiger partial charge on any atom is 0.341 e. The molecule has 0 aliphatic carbocycles. The number of ether oxygens (including phenoxy) is 1. The van der Waals surface area contributed by atoms with Crippen LogP contribution in [-0.2, 0) is 4.74 Å². The molecule has 0 atom stereocenters. The zero-order valence-corrected chi connectivity index (χ0v) is 14.6. The minimum Gasteiger partial charge on any atom is -0.462 e. The zero-order valence-electron chi connectivity index (χ0n) is 14.6. The van der Waals surface area contributed by atoms with Gasteiger partial charge in [-0.05, 0) is 25.8 Å². The second kappa shape index (κ2) is 6.81. The highest BCUT2D eigenvalue weighted by atomic mass is 16.5. The Morgan fingerprint density at radius 1 is 1.43 bits per heavy atom. The number of nitrogens with zero attached hydrogens (tertiary/aromatic N) is 4. The minimum absolute atomic E-state index is 0.286. The van der Waals surface area contributed by atoms with Crippen LogP contribution in [0.4, 0.5) is 0 Å². The summed E-state index contributed by atoms with van der Waals surface area (Å²) in [4.78, 5) is 18.6. The van der Waals surface area contributed by atoms with Gasteiger partial charge in [0.1, 0.15) is 5.56 Å². The standard InChI is InChI=1S/C17H24N4O2/c1-7-23-17(22)13-10-18-16-12(4)15(11(2)3)19-21(16)14(13)8-9-20(5)6/h8-11H,7H2,1-6H3/b9-8+. The van der Waals surface area contributed by atoms with Crippen LogP contribution in [-0.4, -0.2) is 46.2 Å². The van der Waals surface area contributed by atoms with Gasteiger partial charge in [0, 0.05) is 32.1 Å². The molecule has 0 radical (unpaired) electrons. The zero-order chi connectivity index (χ0) is 17.1. The molecule has 0 unspecified atom stereocenters. The molecule has 23 heavy (non-hydrogen) atoms. The third kappa shape index (κ3) is 3.36. The van der Waals surface area contributed by atoms with Crippen LogP contribution < -0.4 is 0 Å². The lowest BCUT2D eigenvalue weighted by Crippen LogP contribution is -2.12. The molecule has 6 nitrogen and oxygen atoms in total. The summed E-state index contributed by atoms with van der Waals surface area (Å²) in [5.74, 6) is -0.104. The van der Waals surface area contributed by atoms with Gasteiger partial charge in [0.25, 0.3) is 0 Å². The first-order valence-corrected chi connectivity index (χ1v) is 7.76. The molecule has 0 saturated carbocycles. The first kappa shape index (κ1) is 17.0. The summed E-state index contributed by atoms with van der Waals surface area (Å²) in [5.41, 5.74) is 3.88. The minimum atomic E-state index is -0.389. The van der Waals surface area contributed by atoms with E-state index in [-0.39, 0.29) is 11.9 Å². The molecule has 6 heteroatoms. The summed E-state index contributed by atoms with van der Waals surface area (Å²) < 4.78 is 6.87. The third-order valence-electron chi connectivity index (χ3n) is 3.52. The van der Waals surface area contributed by atoms with Crippen LogP contribution in [0.5, 0.6) is 0 Å². The van der Waals surface area contributed by atoms with E-state index in [4.69, 9.17) is 4.74 Å². The van der Waals surface area contributed by atoms with Gasteiger partial charge in [0.05, 0.1) is 18.0 Å². The van der Waals surface area contributed by atoms with E-state index >= 15 is 0 Å². The Morgan fingerprint density at radius 2 is 2.13 bits per heavy atom. The molecular weight excluding hydrogens is 292 g/mol. The second-order valence-corrected chi connectivity index (χ2v) is 5.96. The smallest absolute Gasteiger partial charge is 0.341 e. The van der Waals surface area contributed by atoms with E-state index < -0.39 is 0 Å². The SMILES string of the molecule is CCOC(=O)c1cnc2c(C)c(C(C)C)nn2c1/C=C/N(C)C. The molecule has 0 bridgehead atoms. The van der Waals surface area contributed by atoms with Gasteiger partial charge in [-0.3, -0.25) is 0 Å². The predicted molar refractivity (Wildman–Crippen MR) is 90.5 cm³/mol. The van der Waals surface area contributed by atoms with E-state index in [1.807, 2.05) is 38.2 Å². The van der Waals surface area contributed by atoms with Gasteiger partial charge in [-0.2, -0.15) is 5.10 Å².